The fourth-order valence-electron chi connectivity index (χ4n) is 6.72. The van der Waals surface area contributed by atoms with Crippen LogP contribution in [-0.2, 0) is 16.8 Å². The molecule has 0 radical (unpaired) electrons. The molecule has 0 spiro atoms. The Morgan fingerprint density at radius 1 is 1.08 bits per heavy atom. The van der Waals surface area contributed by atoms with E-state index in [-0.39, 0.29) is 28.7 Å². The SMILES string of the molecule is Cc1cccc(NC(=O)Cn2c3c(sc2=O)[C@@H](c2ccc(C(C)(C)C)cc2)C2C4CCC(C4)C2S3)c1. The second kappa shape index (κ2) is 8.91. The van der Waals surface area contributed by atoms with Crippen LogP contribution in [0.15, 0.2) is 58.4 Å². The van der Waals surface area contributed by atoms with Gasteiger partial charge in [-0.1, -0.05) is 68.5 Å². The van der Waals surface area contributed by atoms with Crippen LogP contribution in [-0.4, -0.2) is 15.7 Å². The Labute approximate surface area is 221 Å². The van der Waals surface area contributed by atoms with Crippen molar-refractivity contribution in [2.24, 2.45) is 17.8 Å². The first-order valence-corrected chi connectivity index (χ1v) is 14.8. The molecule has 1 aromatic heterocycles. The number of benzene rings is 2. The van der Waals surface area contributed by atoms with Crippen molar-refractivity contribution < 1.29 is 4.79 Å². The number of carbonyl (C=O) groups excluding carboxylic acids is 1. The second-order valence-corrected chi connectivity index (χ2v) is 14.0. The van der Waals surface area contributed by atoms with Crippen LogP contribution in [0, 0.1) is 24.7 Å². The summed E-state index contributed by atoms with van der Waals surface area (Å²) in [4.78, 5) is 27.4. The lowest BCUT2D eigenvalue weighted by Gasteiger charge is -2.40. The number of aromatic nitrogens is 1. The highest BCUT2D eigenvalue weighted by atomic mass is 32.2. The largest absolute Gasteiger partial charge is 0.325 e. The fourth-order valence-corrected chi connectivity index (χ4v) is 9.87. The van der Waals surface area contributed by atoms with Crippen molar-refractivity contribution in [3.63, 3.8) is 0 Å². The van der Waals surface area contributed by atoms with E-state index in [9.17, 15) is 9.59 Å². The third kappa shape index (κ3) is 4.16. The third-order valence-corrected chi connectivity index (χ3v) is 11.3. The van der Waals surface area contributed by atoms with E-state index in [0.29, 0.717) is 11.2 Å². The van der Waals surface area contributed by atoms with Gasteiger partial charge in [0.25, 0.3) is 0 Å². The molecule has 1 amide bonds. The highest BCUT2D eigenvalue weighted by Gasteiger charge is 2.55. The van der Waals surface area contributed by atoms with Gasteiger partial charge in [-0.3, -0.25) is 14.2 Å². The number of thioether (sulfide) groups is 1. The molecule has 6 rings (SSSR count). The lowest BCUT2D eigenvalue weighted by molar-refractivity contribution is -0.116. The summed E-state index contributed by atoms with van der Waals surface area (Å²) in [6, 6.07) is 16.9. The maximum absolute atomic E-state index is 13.3. The Morgan fingerprint density at radius 3 is 2.56 bits per heavy atom. The van der Waals surface area contributed by atoms with E-state index in [1.54, 1.807) is 4.57 Å². The molecule has 0 saturated heterocycles. The van der Waals surface area contributed by atoms with Gasteiger partial charge >= 0.3 is 4.87 Å². The Bertz CT molecular complexity index is 1360. The van der Waals surface area contributed by atoms with Crippen LogP contribution in [0.4, 0.5) is 5.69 Å². The van der Waals surface area contributed by atoms with Crippen molar-refractivity contribution in [2.45, 2.75) is 75.1 Å². The molecule has 188 valence electrons. The van der Waals surface area contributed by atoms with Crippen LogP contribution >= 0.6 is 23.1 Å². The Hall–Kier alpha value is -2.31. The minimum Gasteiger partial charge on any atom is -0.325 e. The van der Waals surface area contributed by atoms with Gasteiger partial charge in [0.1, 0.15) is 6.54 Å². The van der Waals surface area contributed by atoms with E-state index in [2.05, 4.69) is 50.4 Å². The quantitative estimate of drug-likeness (QED) is 0.413. The number of amides is 1. The first kappa shape index (κ1) is 24.1. The van der Waals surface area contributed by atoms with Crippen molar-refractivity contribution in [3.8, 4) is 0 Å². The van der Waals surface area contributed by atoms with Crippen molar-refractivity contribution in [1.29, 1.82) is 0 Å². The van der Waals surface area contributed by atoms with Gasteiger partial charge in [-0.05, 0) is 78.2 Å². The highest BCUT2D eigenvalue weighted by Crippen LogP contribution is 2.64. The minimum absolute atomic E-state index is 0.0180. The number of nitrogens with one attached hydrogen (secondary N) is 1. The zero-order chi connectivity index (χ0) is 25.2. The minimum atomic E-state index is -0.148. The zero-order valence-corrected chi connectivity index (χ0v) is 23.0. The van der Waals surface area contributed by atoms with Gasteiger partial charge in [-0.15, -0.1) is 11.8 Å². The number of rotatable bonds is 4. The molecular weight excluding hydrogens is 484 g/mol. The number of hydrogen-bond acceptors (Lipinski definition) is 4. The van der Waals surface area contributed by atoms with Crippen LogP contribution in [0.5, 0.6) is 0 Å². The van der Waals surface area contributed by atoms with E-state index < -0.39 is 0 Å². The van der Waals surface area contributed by atoms with Gasteiger partial charge in [0, 0.05) is 21.7 Å². The number of hydrogen-bond donors (Lipinski definition) is 1. The summed E-state index contributed by atoms with van der Waals surface area (Å²) in [5.41, 5.74) is 4.63. The molecule has 1 N–H and O–H groups in total. The summed E-state index contributed by atoms with van der Waals surface area (Å²) in [6.45, 7) is 8.81. The molecule has 5 atom stereocenters. The lowest BCUT2D eigenvalue weighted by atomic mass is 9.74. The Kier molecular flexibility index (Phi) is 5.95. The topological polar surface area (TPSA) is 51.1 Å². The summed E-state index contributed by atoms with van der Waals surface area (Å²) >= 11 is 3.25. The lowest BCUT2D eigenvalue weighted by Crippen LogP contribution is -2.35. The van der Waals surface area contributed by atoms with Crippen LogP contribution in [0.2, 0.25) is 0 Å². The maximum Gasteiger partial charge on any atom is 0.308 e. The van der Waals surface area contributed by atoms with Crippen LogP contribution in [0.1, 0.15) is 67.5 Å². The monoisotopic (exact) mass is 518 g/mol. The summed E-state index contributed by atoms with van der Waals surface area (Å²) in [5, 5.41) is 4.55. The third-order valence-electron chi connectivity index (χ3n) is 8.43. The van der Waals surface area contributed by atoms with Crippen molar-refractivity contribution in [3.05, 3.63) is 79.8 Å². The average molecular weight is 519 g/mol. The van der Waals surface area contributed by atoms with E-state index in [0.717, 1.165) is 28.1 Å². The molecule has 4 unspecified atom stereocenters. The predicted molar refractivity (Wildman–Crippen MR) is 149 cm³/mol. The molecule has 4 nitrogen and oxygen atoms in total. The number of nitrogens with zero attached hydrogens (tertiary/aromatic N) is 1. The summed E-state index contributed by atoms with van der Waals surface area (Å²) < 4.78 is 1.74. The van der Waals surface area contributed by atoms with Gasteiger partial charge < -0.3 is 5.32 Å². The van der Waals surface area contributed by atoms with Crippen LogP contribution in [0.3, 0.4) is 0 Å². The number of aryl methyl sites for hydroxylation is 1. The molecule has 2 heterocycles. The average Bonchev–Trinajstić information content (AvgIpc) is 3.52. The number of carbonyl (C=O) groups is 1. The number of fused-ring (bicyclic) bond motifs is 6. The Balaban J connectivity index is 1.36. The predicted octanol–water partition coefficient (Wildman–Crippen LogP) is 6.81. The van der Waals surface area contributed by atoms with Gasteiger partial charge in [-0.2, -0.15) is 0 Å². The van der Waals surface area contributed by atoms with Gasteiger partial charge in [0.15, 0.2) is 0 Å². The molecule has 36 heavy (non-hydrogen) atoms. The van der Waals surface area contributed by atoms with E-state index in [4.69, 9.17) is 0 Å². The normalized spacial score (nSPS) is 26.5. The molecule has 1 aliphatic heterocycles. The molecule has 3 aromatic rings. The van der Waals surface area contributed by atoms with E-state index in [1.807, 2.05) is 43.0 Å². The van der Waals surface area contributed by atoms with Gasteiger partial charge in [-0.25, -0.2) is 0 Å². The second-order valence-electron chi connectivity index (χ2n) is 11.9. The smallest absolute Gasteiger partial charge is 0.308 e. The standard InChI is InChI=1S/C30H34N2O2S2/c1-17-6-5-7-22(14-17)31-23(33)16-32-28-27(36-29(32)34)24(18-10-12-21(13-11-18)30(2,3)4)25-19-8-9-20(15-19)26(25)35-28/h5-7,10-14,19-20,24-26H,8-9,15-16H2,1-4H3,(H,31,33)/t19?,20?,24-,25?,26?/m0/s1. The van der Waals surface area contributed by atoms with Crippen molar-refractivity contribution >= 4 is 34.7 Å². The molecule has 6 heteroatoms. The van der Waals surface area contributed by atoms with Crippen LogP contribution in [0.25, 0.3) is 0 Å². The molecule has 2 aliphatic carbocycles. The fraction of sp³-hybridized carbons (Fsp3) is 0.467. The molecule has 2 fully saturated rings. The van der Waals surface area contributed by atoms with Gasteiger partial charge in [0.2, 0.25) is 5.91 Å². The van der Waals surface area contributed by atoms with Crippen LogP contribution < -0.4 is 10.2 Å². The Morgan fingerprint density at radius 2 is 1.83 bits per heavy atom. The first-order valence-electron chi connectivity index (χ1n) is 13.1. The first-order chi connectivity index (χ1) is 17.2. The van der Waals surface area contributed by atoms with E-state index >= 15 is 0 Å². The maximum atomic E-state index is 13.3. The molecule has 3 aliphatic rings. The summed E-state index contributed by atoms with van der Waals surface area (Å²) in [6.07, 6.45) is 3.92. The summed E-state index contributed by atoms with van der Waals surface area (Å²) in [7, 11) is 0. The van der Waals surface area contributed by atoms with Crippen molar-refractivity contribution in [1.82, 2.24) is 4.57 Å². The molecule has 2 aromatic carbocycles. The van der Waals surface area contributed by atoms with Gasteiger partial charge in [0.05, 0.1) is 5.03 Å². The van der Waals surface area contributed by atoms with Crippen molar-refractivity contribution in [2.75, 3.05) is 5.32 Å². The zero-order valence-electron chi connectivity index (χ0n) is 21.4. The molecule has 2 bridgehead atoms. The summed E-state index contributed by atoms with van der Waals surface area (Å²) in [5.74, 6) is 2.14. The highest BCUT2D eigenvalue weighted by molar-refractivity contribution is 8.00. The van der Waals surface area contributed by atoms with E-state index in [1.165, 1.54) is 46.6 Å². The number of anilines is 1. The molecular formula is C30H34N2O2S2. The number of thiazole rings is 1. The molecule has 2 saturated carbocycles.